The Morgan fingerprint density at radius 1 is 1.04 bits per heavy atom. The minimum atomic E-state index is -0.0580. The third-order valence-corrected chi connectivity index (χ3v) is 4.33. The molecule has 1 saturated carbocycles. The fourth-order valence-electron chi connectivity index (χ4n) is 3.23. The standard InChI is InChI=1S/C20H22N2O2/c1-21(2)14-17-19(23)11-16(12-20(17)24)18-9-6-10-22(18)13-15-7-4-3-5-8-15/h3-10,14,16H,11-13H2,1-2H3. The smallest absolute Gasteiger partial charge is 0.168 e. The van der Waals surface area contributed by atoms with Crippen LogP contribution in [0.25, 0.3) is 0 Å². The van der Waals surface area contributed by atoms with Gasteiger partial charge in [0.25, 0.3) is 0 Å². The first-order chi connectivity index (χ1) is 11.5. The second-order valence-corrected chi connectivity index (χ2v) is 6.50. The summed E-state index contributed by atoms with van der Waals surface area (Å²) in [6.07, 6.45) is 4.45. The summed E-state index contributed by atoms with van der Waals surface area (Å²) in [5.74, 6) is -0.155. The quantitative estimate of drug-likeness (QED) is 0.642. The topological polar surface area (TPSA) is 42.3 Å². The Bertz CT molecular complexity index is 752. The van der Waals surface area contributed by atoms with Gasteiger partial charge in [-0.1, -0.05) is 30.3 Å². The lowest BCUT2D eigenvalue weighted by Crippen LogP contribution is -2.27. The number of benzene rings is 1. The van der Waals surface area contributed by atoms with Crippen LogP contribution in [0.3, 0.4) is 0 Å². The lowest BCUT2D eigenvalue weighted by molar-refractivity contribution is -0.124. The fraction of sp³-hybridized carbons (Fsp3) is 0.300. The van der Waals surface area contributed by atoms with E-state index in [-0.39, 0.29) is 17.5 Å². The Morgan fingerprint density at radius 3 is 2.33 bits per heavy atom. The third kappa shape index (κ3) is 3.48. The second-order valence-electron chi connectivity index (χ2n) is 6.50. The first-order valence-corrected chi connectivity index (χ1v) is 8.18. The molecule has 0 saturated heterocycles. The van der Waals surface area contributed by atoms with Gasteiger partial charge in [-0.3, -0.25) is 9.59 Å². The van der Waals surface area contributed by atoms with Gasteiger partial charge in [0.1, 0.15) is 0 Å². The molecule has 1 fully saturated rings. The molecule has 0 aliphatic heterocycles. The van der Waals surface area contributed by atoms with Crippen LogP contribution in [-0.4, -0.2) is 35.1 Å². The molecule has 2 aromatic rings. The van der Waals surface area contributed by atoms with Gasteiger partial charge in [0.15, 0.2) is 11.6 Å². The highest BCUT2D eigenvalue weighted by atomic mass is 16.1. The summed E-state index contributed by atoms with van der Waals surface area (Å²) in [6.45, 7) is 0.752. The van der Waals surface area contributed by atoms with Gasteiger partial charge in [-0.15, -0.1) is 0 Å². The molecule has 0 amide bonds. The monoisotopic (exact) mass is 322 g/mol. The number of nitrogens with zero attached hydrogens (tertiary/aromatic N) is 2. The summed E-state index contributed by atoms with van der Waals surface area (Å²) in [4.78, 5) is 26.5. The van der Waals surface area contributed by atoms with E-state index in [4.69, 9.17) is 0 Å². The maximum Gasteiger partial charge on any atom is 0.168 e. The second kappa shape index (κ2) is 6.87. The summed E-state index contributed by atoms with van der Waals surface area (Å²) in [5, 5.41) is 0. The molecule has 1 aromatic heterocycles. The summed E-state index contributed by atoms with van der Waals surface area (Å²) < 4.78 is 2.14. The van der Waals surface area contributed by atoms with E-state index in [1.54, 1.807) is 11.1 Å². The first-order valence-electron chi connectivity index (χ1n) is 8.18. The van der Waals surface area contributed by atoms with Gasteiger partial charge in [-0.2, -0.15) is 0 Å². The van der Waals surface area contributed by atoms with Gasteiger partial charge < -0.3 is 9.47 Å². The van der Waals surface area contributed by atoms with E-state index in [0.29, 0.717) is 18.4 Å². The summed E-state index contributed by atoms with van der Waals surface area (Å²) in [5.41, 5.74) is 2.60. The Morgan fingerprint density at radius 2 is 1.71 bits per heavy atom. The molecule has 0 radical (unpaired) electrons. The Balaban J connectivity index is 1.81. The molecule has 1 aromatic carbocycles. The zero-order valence-electron chi connectivity index (χ0n) is 14.1. The van der Waals surface area contributed by atoms with Crippen molar-refractivity contribution in [1.82, 2.24) is 9.47 Å². The predicted octanol–water partition coefficient (Wildman–Crippen LogP) is 3.00. The van der Waals surface area contributed by atoms with Gasteiger partial charge in [0, 0.05) is 57.5 Å². The van der Waals surface area contributed by atoms with Crippen LogP contribution in [0.15, 0.2) is 60.4 Å². The van der Waals surface area contributed by atoms with Crippen LogP contribution in [0.2, 0.25) is 0 Å². The zero-order chi connectivity index (χ0) is 17.1. The van der Waals surface area contributed by atoms with Crippen LogP contribution in [-0.2, 0) is 16.1 Å². The van der Waals surface area contributed by atoms with Gasteiger partial charge >= 0.3 is 0 Å². The highest BCUT2D eigenvalue weighted by Gasteiger charge is 2.32. The Labute approximate surface area is 142 Å². The maximum atomic E-state index is 12.4. The van der Waals surface area contributed by atoms with Crippen LogP contribution in [0.5, 0.6) is 0 Å². The van der Waals surface area contributed by atoms with Crippen molar-refractivity contribution in [2.45, 2.75) is 25.3 Å². The Kier molecular flexibility index (Phi) is 4.65. The minimum absolute atomic E-state index is 0.0389. The largest absolute Gasteiger partial charge is 0.383 e. The van der Waals surface area contributed by atoms with E-state index in [9.17, 15) is 9.59 Å². The first kappa shape index (κ1) is 16.2. The third-order valence-electron chi connectivity index (χ3n) is 4.33. The average Bonchev–Trinajstić information content (AvgIpc) is 2.99. The van der Waals surface area contributed by atoms with Gasteiger partial charge in [-0.25, -0.2) is 0 Å². The number of Topliss-reactive ketones (excluding diaryl/α,β-unsaturated/α-hetero) is 2. The van der Waals surface area contributed by atoms with Crippen molar-refractivity contribution in [3.8, 4) is 0 Å². The highest BCUT2D eigenvalue weighted by Crippen LogP contribution is 2.32. The number of rotatable bonds is 4. The van der Waals surface area contributed by atoms with E-state index in [1.807, 2.05) is 50.6 Å². The van der Waals surface area contributed by atoms with Crippen LogP contribution < -0.4 is 0 Å². The number of aromatic nitrogens is 1. The predicted molar refractivity (Wildman–Crippen MR) is 93.7 cm³/mol. The molecule has 0 unspecified atom stereocenters. The molecule has 1 aliphatic rings. The van der Waals surface area contributed by atoms with Gasteiger partial charge in [-0.05, 0) is 17.7 Å². The lowest BCUT2D eigenvalue weighted by Gasteiger charge is -2.24. The van der Waals surface area contributed by atoms with Crippen molar-refractivity contribution in [1.29, 1.82) is 0 Å². The SMILES string of the molecule is CN(C)C=C1C(=O)CC(c2cccn2Cc2ccccc2)CC1=O. The number of hydrogen-bond donors (Lipinski definition) is 0. The number of carbonyl (C=O) groups excluding carboxylic acids is 2. The van der Waals surface area contributed by atoms with Crippen molar-refractivity contribution in [2.24, 2.45) is 0 Å². The summed E-state index contributed by atoms with van der Waals surface area (Å²) >= 11 is 0. The average molecular weight is 322 g/mol. The molecule has 0 bridgehead atoms. The van der Waals surface area contributed by atoms with Crippen molar-refractivity contribution in [3.63, 3.8) is 0 Å². The number of allylic oxidation sites excluding steroid dienone is 1. The van der Waals surface area contributed by atoms with Crippen LogP contribution >= 0.6 is 0 Å². The molecule has 0 atom stereocenters. The molecular weight excluding hydrogens is 300 g/mol. The van der Waals surface area contributed by atoms with Crippen molar-refractivity contribution >= 4 is 11.6 Å². The van der Waals surface area contributed by atoms with Crippen LogP contribution in [0, 0.1) is 0 Å². The minimum Gasteiger partial charge on any atom is -0.383 e. The van der Waals surface area contributed by atoms with Crippen molar-refractivity contribution in [2.75, 3.05) is 14.1 Å². The zero-order valence-corrected chi connectivity index (χ0v) is 14.1. The molecule has 1 heterocycles. The maximum absolute atomic E-state index is 12.4. The molecule has 4 heteroatoms. The van der Waals surface area contributed by atoms with E-state index in [2.05, 4.69) is 16.7 Å². The molecule has 24 heavy (non-hydrogen) atoms. The highest BCUT2D eigenvalue weighted by molar-refractivity contribution is 6.22. The molecular formula is C20H22N2O2. The van der Waals surface area contributed by atoms with Gasteiger partial charge in [0.2, 0.25) is 0 Å². The molecule has 0 spiro atoms. The fourth-order valence-corrected chi connectivity index (χ4v) is 3.23. The molecule has 1 aliphatic carbocycles. The van der Waals surface area contributed by atoms with Crippen molar-refractivity contribution < 1.29 is 9.59 Å². The van der Waals surface area contributed by atoms with E-state index < -0.39 is 0 Å². The molecule has 3 rings (SSSR count). The lowest BCUT2D eigenvalue weighted by atomic mass is 9.82. The number of hydrogen-bond acceptors (Lipinski definition) is 3. The van der Waals surface area contributed by atoms with E-state index in [0.717, 1.165) is 12.2 Å². The van der Waals surface area contributed by atoms with E-state index >= 15 is 0 Å². The normalized spacial score (nSPS) is 17.9. The van der Waals surface area contributed by atoms with E-state index in [1.165, 1.54) is 5.56 Å². The van der Waals surface area contributed by atoms with Crippen LogP contribution in [0.4, 0.5) is 0 Å². The number of ketones is 2. The summed E-state index contributed by atoms with van der Waals surface area (Å²) in [6, 6.07) is 14.2. The van der Waals surface area contributed by atoms with Gasteiger partial charge in [0.05, 0.1) is 5.57 Å². The van der Waals surface area contributed by atoms with Crippen LogP contribution in [0.1, 0.15) is 30.0 Å². The summed E-state index contributed by atoms with van der Waals surface area (Å²) in [7, 11) is 3.65. The molecule has 124 valence electrons. The molecule has 4 nitrogen and oxygen atoms in total. The number of carbonyl (C=O) groups is 2. The van der Waals surface area contributed by atoms with Crippen molar-refractivity contribution in [3.05, 3.63) is 71.7 Å². The Hall–Kier alpha value is -2.62. The molecule has 0 N–H and O–H groups in total.